The van der Waals surface area contributed by atoms with Gasteiger partial charge in [-0.3, -0.25) is 28.5 Å². The van der Waals surface area contributed by atoms with Crippen molar-refractivity contribution in [1.29, 1.82) is 0 Å². The van der Waals surface area contributed by atoms with Crippen LogP contribution in [0.1, 0.15) is 127 Å². The van der Waals surface area contributed by atoms with Crippen molar-refractivity contribution in [1.82, 2.24) is 53.5 Å². The van der Waals surface area contributed by atoms with Crippen molar-refractivity contribution >= 4 is 66.9 Å². The van der Waals surface area contributed by atoms with Crippen LogP contribution in [0.3, 0.4) is 0 Å². The number of likely N-dealkylation sites (tertiary alicyclic amines) is 4. The molecule has 0 radical (unpaired) electrons. The Bertz CT molecular complexity index is 6900. The van der Waals surface area contributed by atoms with Gasteiger partial charge in [0.05, 0.1) is 70.0 Å². The number of sulfone groups is 1. The number of nitrogens with zero attached hydrogens (tertiary/aromatic N) is 11. The summed E-state index contributed by atoms with van der Waals surface area (Å²) in [5.74, 6) is -1.25. The number of aromatic nitrogens is 7. The number of rotatable bonds is 8. The number of fused-ring (bicyclic) bond motifs is 18. The largest absolute Gasteiger partial charge is 0.483 e. The van der Waals surface area contributed by atoms with E-state index in [1.807, 2.05) is 168 Å². The van der Waals surface area contributed by atoms with Crippen molar-refractivity contribution in [3.8, 4) is 62.6 Å². The molecular formula is C97H84ClF6N11O14S. The van der Waals surface area contributed by atoms with Gasteiger partial charge in [0.1, 0.15) is 57.1 Å². The highest BCUT2D eigenvalue weighted by Gasteiger charge is 2.52. The Hall–Kier alpha value is -13.6. The summed E-state index contributed by atoms with van der Waals surface area (Å²) < 4.78 is 159. The number of hydrogen-bond donors (Lipinski definition) is 0. The molecule has 6 aromatic heterocycles. The summed E-state index contributed by atoms with van der Waals surface area (Å²) >= 11 is 6.21. The first kappa shape index (κ1) is 84.6. The van der Waals surface area contributed by atoms with Crippen LogP contribution in [0, 0.1) is 12.7 Å². The van der Waals surface area contributed by atoms with Crippen LogP contribution in [0.5, 0.6) is 28.7 Å². The third-order valence-electron chi connectivity index (χ3n) is 26.3. The van der Waals surface area contributed by atoms with Crippen LogP contribution in [0.4, 0.5) is 26.3 Å². The molecule has 0 unspecified atom stereocenters. The lowest BCUT2D eigenvalue weighted by atomic mass is 9.81. The van der Waals surface area contributed by atoms with Gasteiger partial charge in [-0.15, -0.1) is 0 Å². The highest BCUT2D eigenvalue weighted by atomic mass is 35.5. The lowest BCUT2D eigenvalue weighted by molar-refractivity contribution is -0.143. The average Bonchev–Trinajstić information content (AvgIpc) is 1.40. The van der Waals surface area contributed by atoms with E-state index >= 15 is 0 Å². The molecule has 4 spiro atoms. The minimum absolute atomic E-state index is 0.0498. The molecule has 23 rings (SSSR count). The Labute approximate surface area is 745 Å². The summed E-state index contributed by atoms with van der Waals surface area (Å²) in [6.45, 7) is 6.53. The van der Waals surface area contributed by atoms with Crippen LogP contribution in [-0.4, -0.2) is 163 Å². The van der Waals surface area contributed by atoms with Crippen LogP contribution in [0.25, 0.3) is 55.8 Å². The maximum Gasteiger partial charge on any atom is 0.431 e. The minimum atomic E-state index is -4.78. The molecule has 5 saturated heterocycles. The fraction of sp³-hybridized carbons (Fsp3) is 0.289. The number of halogens is 7. The fourth-order valence-corrected chi connectivity index (χ4v) is 20.3. The fourth-order valence-electron chi connectivity index (χ4n) is 19.4. The van der Waals surface area contributed by atoms with E-state index in [-0.39, 0.29) is 66.8 Å². The van der Waals surface area contributed by atoms with E-state index in [9.17, 15) is 53.9 Å². The molecule has 0 atom stereocenters. The lowest BCUT2D eigenvalue weighted by Crippen LogP contribution is -2.50. The van der Waals surface area contributed by atoms with Crippen molar-refractivity contribution in [3.05, 3.63) is 292 Å². The maximum absolute atomic E-state index is 14.5. The molecule has 9 aliphatic heterocycles. The number of hydrogen-bond acceptors (Lipinski definition) is 17. The Morgan fingerprint density at radius 3 is 1.60 bits per heavy atom. The molecule has 0 bridgehead atoms. The summed E-state index contributed by atoms with van der Waals surface area (Å²) in [5.41, 5.74) is 8.60. The number of para-hydroxylation sites is 5. The molecule has 25 nitrogen and oxygen atoms in total. The number of carbonyl (C=O) groups excluding carboxylic acids is 4. The predicted molar refractivity (Wildman–Crippen MR) is 465 cm³/mol. The SMILES string of the molecule is Cc1c(C(=O)N2CCC3(CC2)Oc2ccccc2-c2c3cnn2C)oc2ccccc12.Cn1ncc2c1-c1ccccc1OC21CCN(C(=O)c2onc3ccccc23)CC1.O=C(c1ccc(OC2COC2)c(F)c1)N1CCC2(CC1)Oc1cc(Cl)ccc1-n1cccc12.O=C(c1ccc(S(=O)(=O)C(F)F)cc1)N1CCC2(CC1)Oc1ccccc1-n1c(C(F)(F)F)ccc12. The van der Waals surface area contributed by atoms with Gasteiger partial charge in [0, 0.05) is 179 Å². The third kappa shape index (κ3) is 14.8. The number of aryl methyl sites for hydroxylation is 3. The molecule has 33 heteroatoms. The highest BCUT2D eigenvalue weighted by Crippen LogP contribution is 2.54. The highest BCUT2D eigenvalue weighted by molar-refractivity contribution is 7.91. The van der Waals surface area contributed by atoms with Crippen LogP contribution >= 0.6 is 11.6 Å². The molecule has 4 amide bonds. The van der Waals surface area contributed by atoms with Crippen LogP contribution < -0.4 is 23.7 Å². The minimum Gasteiger partial charge on any atom is -0.483 e. The van der Waals surface area contributed by atoms with Crippen molar-refractivity contribution < 1.29 is 91.3 Å². The topological polar surface area (TPSA) is 255 Å². The summed E-state index contributed by atoms with van der Waals surface area (Å²) in [5, 5.41) is 15.4. The zero-order valence-electron chi connectivity index (χ0n) is 70.4. The Morgan fingerprint density at radius 1 is 0.515 bits per heavy atom. The molecule has 666 valence electrons. The van der Waals surface area contributed by atoms with E-state index < -0.39 is 66.5 Å². The first-order valence-electron chi connectivity index (χ1n) is 42.7. The van der Waals surface area contributed by atoms with Crippen molar-refractivity contribution in [3.63, 3.8) is 0 Å². The van der Waals surface area contributed by atoms with E-state index in [0.29, 0.717) is 130 Å². The van der Waals surface area contributed by atoms with Crippen LogP contribution in [0.2, 0.25) is 5.02 Å². The zero-order chi connectivity index (χ0) is 89.9. The smallest absolute Gasteiger partial charge is 0.431 e. The molecule has 0 N–H and O–H groups in total. The van der Waals surface area contributed by atoms with Gasteiger partial charge in [0.15, 0.2) is 28.5 Å². The predicted octanol–water partition coefficient (Wildman–Crippen LogP) is 18.0. The zero-order valence-corrected chi connectivity index (χ0v) is 72.0. The normalized spacial score (nSPS) is 17.4. The molecule has 8 aromatic carbocycles. The second-order valence-corrected chi connectivity index (χ2v) is 36.1. The average molecular weight is 1810 g/mol. The van der Waals surface area contributed by atoms with Crippen LogP contribution in [-0.2, 0) is 57.2 Å². The molecule has 130 heavy (non-hydrogen) atoms. The number of piperidine rings is 4. The Balaban J connectivity index is 0.000000109. The number of furan rings is 1. The first-order chi connectivity index (χ1) is 62.7. The molecule has 0 saturated carbocycles. The lowest BCUT2D eigenvalue weighted by Gasteiger charge is -2.45. The van der Waals surface area contributed by atoms with E-state index in [1.54, 1.807) is 35.2 Å². The van der Waals surface area contributed by atoms with E-state index in [2.05, 4.69) is 38.1 Å². The molecule has 15 heterocycles. The summed E-state index contributed by atoms with van der Waals surface area (Å²) in [6, 6.07) is 58.7. The van der Waals surface area contributed by atoms with Gasteiger partial charge in [-0.05, 0) is 140 Å². The second kappa shape index (κ2) is 32.9. The number of carbonyl (C=O) groups is 4. The Kier molecular flexibility index (Phi) is 21.4. The van der Waals surface area contributed by atoms with Gasteiger partial charge < -0.3 is 66.1 Å². The van der Waals surface area contributed by atoms with Gasteiger partial charge in [-0.1, -0.05) is 83.5 Å². The van der Waals surface area contributed by atoms with E-state index in [4.69, 9.17) is 49.0 Å². The van der Waals surface area contributed by atoms with Crippen molar-refractivity contribution in [2.45, 2.75) is 104 Å². The monoisotopic (exact) mass is 1810 g/mol. The first-order valence-corrected chi connectivity index (χ1v) is 44.6. The number of amides is 4. The quantitative estimate of drug-likeness (QED) is 0.128. The molecule has 14 aromatic rings. The van der Waals surface area contributed by atoms with Crippen molar-refractivity contribution in [2.24, 2.45) is 14.1 Å². The van der Waals surface area contributed by atoms with Gasteiger partial charge in [-0.25, -0.2) is 12.8 Å². The second-order valence-electron chi connectivity index (χ2n) is 33.7. The van der Waals surface area contributed by atoms with E-state index in [0.717, 1.165) is 115 Å². The summed E-state index contributed by atoms with van der Waals surface area (Å²) in [4.78, 5) is 58.8. The van der Waals surface area contributed by atoms with Gasteiger partial charge in [0.25, 0.3) is 23.6 Å². The molecule has 5 fully saturated rings. The van der Waals surface area contributed by atoms with Gasteiger partial charge in [-0.2, -0.15) is 32.1 Å². The number of benzene rings is 8. The van der Waals surface area contributed by atoms with Crippen LogP contribution in [0.15, 0.2) is 239 Å². The third-order valence-corrected chi connectivity index (χ3v) is 27.9. The molecule has 0 aliphatic carbocycles. The Morgan fingerprint density at radius 2 is 1.02 bits per heavy atom. The van der Waals surface area contributed by atoms with E-state index in [1.165, 1.54) is 27.7 Å². The van der Waals surface area contributed by atoms with Gasteiger partial charge >= 0.3 is 11.9 Å². The summed E-state index contributed by atoms with van der Waals surface area (Å²) in [7, 11) is -0.851. The van der Waals surface area contributed by atoms with Gasteiger partial charge in [0.2, 0.25) is 15.6 Å². The summed E-state index contributed by atoms with van der Waals surface area (Å²) in [6.07, 6.45) is 5.63. The van der Waals surface area contributed by atoms with Crippen molar-refractivity contribution in [2.75, 3.05) is 65.6 Å². The maximum atomic E-state index is 14.5. The molecule has 9 aliphatic rings. The molecular weight excluding hydrogens is 1720 g/mol. The number of ether oxygens (including phenoxy) is 6. The standard InChI is InChI=1S/C25H22ClFN2O4.C25H23N3O3.C24H19F5N2O4S.C23H20N4O3/c26-17-4-5-20-22(13-17)33-25(23-2-1-9-29(20)23)7-10-28(11-8-25)24(30)16-3-6-21(19(27)12-16)32-18-14-31-15-18;1-16-17-7-3-5-9-20(17)30-23(16)24(29)28-13-11-25(12-14-28)19-15-26-27(2)22(19)18-8-4-6-10-21(18)31-25;25-22(26)36(33,34)16-7-5-15(6-8-16)21(32)30-13-11-23(12-14-30)19-9-10-20(24(27,28)29)31(19)17-3-1-2-4-18(17)35-23;1-26-20-16-7-3-5-9-19(16)29-23(17(20)14-24-26)10-12-27(13-11-23)22(28)21-15-6-2-4-8-18(15)25-30-21/h1-6,9,12-13,18H,7-8,10-11,14-15H2;3-10,15H,11-14H2,1-2H3;1-10,22H,11-14H2;2-9,14H,10-13H2,1H3. The number of alkyl halides is 5.